The van der Waals surface area contributed by atoms with E-state index < -0.39 is 17.7 Å². The highest BCUT2D eigenvalue weighted by Gasteiger charge is 2.41. The summed E-state index contributed by atoms with van der Waals surface area (Å²) in [5, 5.41) is 9.68. The van der Waals surface area contributed by atoms with Crippen LogP contribution >= 0.6 is 0 Å². The SMILES string of the molecule is CCOC(=O)C(F)C(O)(CC)COC. The van der Waals surface area contributed by atoms with Crippen LogP contribution in [-0.2, 0) is 14.3 Å². The average molecular weight is 208 g/mol. The van der Waals surface area contributed by atoms with Crippen LogP contribution < -0.4 is 0 Å². The Balaban J connectivity index is 4.42. The van der Waals surface area contributed by atoms with Crippen molar-refractivity contribution < 1.29 is 23.8 Å². The molecule has 0 aromatic rings. The first-order valence-electron chi connectivity index (χ1n) is 4.53. The minimum absolute atomic E-state index is 0.0841. The topological polar surface area (TPSA) is 55.8 Å². The summed E-state index contributed by atoms with van der Waals surface area (Å²) >= 11 is 0. The summed E-state index contributed by atoms with van der Waals surface area (Å²) in [5.41, 5.74) is -1.79. The minimum Gasteiger partial charge on any atom is -0.464 e. The van der Waals surface area contributed by atoms with Gasteiger partial charge in [0.1, 0.15) is 5.60 Å². The molecular weight excluding hydrogens is 191 g/mol. The molecule has 0 bridgehead atoms. The average Bonchev–Trinajstić information content (AvgIpc) is 2.17. The number of ether oxygens (including phenoxy) is 2. The highest BCUT2D eigenvalue weighted by molar-refractivity contribution is 5.76. The molecule has 0 saturated carbocycles. The van der Waals surface area contributed by atoms with Crippen molar-refractivity contribution in [3.05, 3.63) is 0 Å². The number of carbonyl (C=O) groups excluding carboxylic acids is 1. The molecule has 0 fully saturated rings. The first-order chi connectivity index (χ1) is 6.51. The predicted molar refractivity (Wildman–Crippen MR) is 48.6 cm³/mol. The highest BCUT2D eigenvalue weighted by atomic mass is 19.1. The molecule has 0 radical (unpaired) electrons. The van der Waals surface area contributed by atoms with Crippen LogP contribution in [0.15, 0.2) is 0 Å². The summed E-state index contributed by atoms with van der Waals surface area (Å²) in [6.07, 6.45) is -1.98. The number of carbonyl (C=O) groups is 1. The molecule has 84 valence electrons. The van der Waals surface area contributed by atoms with Gasteiger partial charge in [0.2, 0.25) is 6.17 Å². The Morgan fingerprint density at radius 3 is 2.50 bits per heavy atom. The van der Waals surface area contributed by atoms with Crippen LogP contribution in [-0.4, -0.2) is 43.2 Å². The van der Waals surface area contributed by atoms with Crippen LogP contribution in [0.5, 0.6) is 0 Å². The summed E-state index contributed by atoms with van der Waals surface area (Å²) in [7, 11) is 1.33. The van der Waals surface area contributed by atoms with E-state index in [1.165, 1.54) is 7.11 Å². The number of esters is 1. The van der Waals surface area contributed by atoms with Gasteiger partial charge in [0.25, 0.3) is 0 Å². The minimum atomic E-state index is -2.06. The van der Waals surface area contributed by atoms with Crippen LogP contribution in [0.4, 0.5) is 4.39 Å². The molecule has 2 unspecified atom stereocenters. The Labute approximate surface area is 83.0 Å². The lowest BCUT2D eigenvalue weighted by Crippen LogP contribution is -2.48. The van der Waals surface area contributed by atoms with Crippen molar-refractivity contribution in [1.29, 1.82) is 0 Å². The molecule has 4 nitrogen and oxygen atoms in total. The van der Waals surface area contributed by atoms with Crippen LogP contribution in [0.25, 0.3) is 0 Å². The molecule has 0 aromatic carbocycles. The maximum atomic E-state index is 13.4. The maximum absolute atomic E-state index is 13.4. The summed E-state index contributed by atoms with van der Waals surface area (Å²) in [5.74, 6) is -1.05. The van der Waals surface area contributed by atoms with Crippen LogP contribution in [0, 0.1) is 0 Å². The van der Waals surface area contributed by atoms with Gasteiger partial charge < -0.3 is 14.6 Å². The fraction of sp³-hybridized carbons (Fsp3) is 0.889. The molecule has 1 N–H and O–H groups in total. The van der Waals surface area contributed by atoms with E-state index in [1.54, 1.807) is 13.8 Å². The first kappa shape index (κ1) is 13.3. The number of aliphatic hydroxyl groups is 1. The number of alkyl halides is 1. The third-order valence-electron chi connectivity index (χ3n) is 1.97. The normalized spacial score (nSPS) is 17.2. The van der Waals surface area contributed by atoms with Crippen molar-refractivity contribution in [3.8, 4) is 0 Å². The van der Waals surface area contributed by atoms with Crippen molar-refractivity contribution >= 4 is 5.97 Å². The smallest absolute Gasteiger partial charge is 0.343 e. The van der Waals surface area contributed by atoms with Gasteiger partial charge in [-0.25, -0.2) is 9.18 Å². The third-order valence-corrected chi connectivity index (χ3v) is 1.97. The van der Waals surface area contributed by atoms with E-state index in [4.69, 9.17) is 0 Å². The van der Waals surface area contributed by atoms with E-state index in [-0.39, 0.29) is 19.6 Å². The fourth-order valence-corrected chi connectivity index (χ4v) is 1.04. The van der Waals surface area contributed by atoms with E-state index >= 15 is 0 Å². The van der Waals surface area contributed by atoms with Gasteiger partial charge in [-0.2, -0.15) is 0 Å². The molecule has 0 aliphatic rings. The molecule has 0 aromatic heterocycles. The number of hydrogen-bond acceptors (Lipinski definition) is 4. The van der Waals surface area contributed by atoms with E-state index in [1.807, 2.05) is 0 Å². The van der Waals surface area contributed by atoms with Gasteiger partial charge >= 0.3 is 5.97 Å². The van der Waals surface area contributed by atoms with Crippen molar-refractivity contribution in [2.24, 2.45) is 0 Å². The second-order valence-corrected chi connectivity index (χ2v) is 3.00. The van der Waals surface area contributed by atoms with E-state index in [9.17, 15) is 14.3 Å². The monoisotopic (exact) mass is 208 g/mol. The Hall–Kier alpha value is -0.680. The lowest BCUT2D eigenvalue weighted by atomic mass is 9.96. The molecule has 0 aliphatic heterocycles. The van der Waals surface area contributed by atoms with Crippen molar-refractivity contribution in [1.82, 2.24) is 0 Å². The van der Waals surface area contributed by atoms with Crippen molar-refractivity contribution in [2.45, 2.75) is 32.0 Å². The summed E-state index contributed by atoms with van der Waals surface area (Å²) < 4.78 is 22.5. The molecular formula is C9H17FO4. The molecule has 14 heavy (non-hydrogen) atoms. The van der Waals surface area contributed by atoms with Gasteiger partial charge in [0.05, 0.1) is 13.2 Å². The number of halogens is 1. The fourth-order valence-electron chi connectivity index (χ4n) is 1.04. The quantitative estimate of drug-likeness (QED) is 0.652. The number of hydrogen-bond donors (Lipinski definition) is 1. The van der Waals surface area contributed by atoms with Crippen LogP contribution in [0.3, 0.4) is 0 Å². The zero-order valence-electron chi connectivity index (χ0n) is 8.75. The lowest BCUT2D eigenvalue weighted by Gasteiger charge is -2.27. The summed E-state index contributed by atoms with van der Waals surface area (Å²) in [6, 6.07) is 0. The van der Waals surface area contributed by atoms with Gasteiger partial charge in [-0.1, -0.05) is 6.92 Å². The molecule has 0 heterocycles. The zero-order valence-corrected chi connectivity index (χ0v) is 8.75. The first-order valence-corrected chi connectivity index (χ1v) is 4.53. The molecule has 0 spiro atoms. The molecule has 2 atom stereocenters. The predicted octanol–water partition coefficient (Wildman–Crippen LogP) is 0.675. The Morgan fingerprint density at radius 2 is 2.14 bits per heavy atom. The van der Waals surface area contributed by atoms with Crippen LogP contribution in [0.2, 0.25) is 0 Å². The second-order valence-electron chi connectivity index (χ2n) is 3.00. The molecule has 0 aliphatic carbocycles. The second kappa shape index (κ2) is 5.93. The van der Waals surface area contributed by atoms with Crippen molar-refractivity contribution in [2.75, 3.05) is 20.3 Å². The van der Waals surface area contributed by atoms with Gasteiger partial charge in [0.15, 0.2) is 0 Å². The molecule has 0 amide bonds. The molecule has 0 saturated heterocycles. The Bertz CT molecular complexity index is 186. The Morgan fingerprint density at radius 1 is 1.57 bits per heavy atom. The maximum Gasteiger partial charge on any atom is 0.343 e. The van der Waals surface area contributed by atoms with E-state index in [2.05, 4.69) is 9.47 Å². The summed E-state index contributed by atoms with van der Waals surface area (Å²) in [4.78, 5) is 11.0. The summed E-state index contributed by atoms with van der Waals surface area (Å²) in [6.45, 7) is 3.01. The van der Waals surface area contributed by atoms with Gasteiger partial charge in [-0.15, -0.1) is 0 Å². The van der Waals surface area contributed by atoms with E-state index in [0.29, 0.717) is 0 Å². The van der Waals surface area contributed by atoms with E-state index in [0.717, 1.165) is 0 Å². The largest absolute Gasteiger partial charge is 0.464 e. The zero-order chi connectivity index (χ0) is 11.2. The van der Waals surface area contributed by atoms with Crippen LogP contribution in [0.1, 0.15) is 20.3 Å². The van der Waals surface area contributed by atoms with Gasteiger partial charge in [-0.3, -0.25) is 0 Å². The standard InChI is InChI=1S/C9H17FO4/c1-4-9(12,6-13-3)7(10)8(11)14-5-2/h7,12H,4-6H2,1-3H3. The molecule has 5 heteroatoms. The Kier molecular flexibility index (Phi) is 5.64. The molecule has 0 rings (SSSR count). The number of methoxy groups -OCH3 is 1. The number of rotatable bonds is 6. The highest BCUT2D eigenvalue weighted by Crippen LogP contribution is 2.20. The van der Waals surface area contributed by atoms with Gasteiger partial charge in [0, 0.05) is 7.11 Å². The van der Waals surface area contributed by atoms with Gasteiger partial charge in [-0.05, 0) is 13.3 Å². The third kappa shape index (κ3) is 3.23. The van der Waals surface area contributed by atoms with Crippen molar-refractivity contribution in [3.63, 3.8) is 0 Å². The lowest BCUT2D eigenvalue weighted by molar-refractivity contribution is -0.165.